The first kappa shape index (κ1) is 24.9. The standard InChI is InChI=1S/C25H33FN2O2S/c1-5-23(25(30)27-16-18(2)3)28(17-20-8-10-21(26)11-9-20)24(29)14-15-31-22-12-6-19(4)7-13-22/h6-13,18,23H,5,14-17H2,1-4H3,(H,27,30)/t23-/m1/s1. The smallest absolute Gasteiger partial charge is 0.242 e. The maximum Gasteiger partial charge on any atom is 0.242 e. The van der Waals surface area contributed by atoms with Gasteiger partial charge in [-0.3, -0.25) is 9.59 Å². The third-order valence-electron chi connectivity index (χ3n) is 4.94. The molecule has 1 atom stereocenters. The Kier molecular flexibility index (Phi) is 10.0. The maximum atomic E-state index is 13.3. The highest BCUT2D eigenvalue weighted by molar-refractivity contribution is 7.99. The molecule has 2 amide bonds. The van der Waals surface area contributed by atoms with Gasteiger partial charge in [0.05, 0.1) is 0 Å². The van der Waals surface area contributed by atoms with E-state index in [0.717, 1.165) is 10.5 Å². The van der Waals surface area contributed by atoms with Gasteiger partial charge in [0.1, 0.15) is 11.9 Å². The molecule has 0 fully saturated rings. The van der Waals surface area contributed by atoms with E-state index < -0.39 is 6.04 Å². The lowest BCUT2D eigenvalue weighted by molar-refractivity contribution is -0.141. The molecule has 0 radical (unpaired) electrons. The number of hydrogen-bond acceptors (Lipinski definition) is 3. The maximum absolute atomic E-state index is 13.3. The van der Waals surface area contributed by atoms with Crippen LogP contribution in [-0.4, -0.2) is 35.1 Å². The van der Waals surface area contributed by atoms with Gasteiger partial charge < -0.3 is 10.2 Å². The molecule has 2 aromatic rings. The summed E-state index contributed by atoms with van der Waals surface area (Å²) in [7, 11) is 0. The number of benzene rings is 2. The Labute approximate surface area is 189 Å². The number of halogens is 1. The Hall–Kier alpha value is -2.34. The highest BCUT2D eigenvalue weighted by Crippen LogP contribution is 2.21. The minimum absolute atomic E-state index is 0.0736. The van der Waals surface area contributed by atoms with Crippen molar-refractivity contribution in [3.8, 4) is 0 Å². The third-order valence-corrected chi connectivity index (χ3v) is 5.96. The molecule has 0 unspecified atom stereocenters. The predicted molar refractivity (Wildman–Crippen MR) is 125 cm³/mol. The van der Waals surface area contributed by atoms with Gasteiger partial charge in [0.2, 0.25) is 11.8 Å². The topological polar surface area (TPSA) is 49.4 Å². The van der Waals surface area contributed by atoms with Crippen molar-refractivity contribution in [1.29, 1.82) is 0 Å². The minimum Gasteiger partial charge on any atom is -0.354 e. The van der Waals surface area contributed by atoms with Crippen LogP contribution in [-0.2, 0) is 16.1 Å². The molecule has 2 rings (SSSR count). The van der Waals surface area contributed by atoms with E-state index in [1.54, 1.807) is 28.8 Å². The second-order valence-corrected chi connectivity index (χ2v) is 9.29. The summed E-state index contributed by atoms with van der Waals surface area (Å²) in [6, 6.07) is 13.7. The molecular formula is C25H33FN2O2S. The van der Waals surface area contributed by atoms with Crippen LogP contribution < -0.4 is 5.32 Å². The van der Waals surface area contributed by atoms with E-state index in [1.807, 2.05) is 27.7 Å². The summed E-state index contributed by atoms with van der Waals surface area (Å²) in [6.45, 7) is 8.86. The molecule has 31 heavy (non-hydrogen) atoms. The van der Waals surface area contributed by atoms with E-state index in [1.165, 1.54) is 17.7 Å². The van der Waals surface area contributed by atoms with Crippen LogP contribution in [0.4, 0.5) is 4.39 Å². The van der Waals surface area contributed by atoms with Crippen molar-refractivity contribution in [3.05, 3.63) is 65.5 Å². The molecule has 0 aliphatic carbocycles. The molecule has 0 saturated heterocycles. The van der Waals surface area contributed by atoms with Crippen molar-refractivity contribution in [2.24, 2.45) is 5.92 Å². The van der Waals surface area contributed by atoms with Gasteiger partial charge in [-0.25, -0.2) is 4.39 Å². The molecule has 0 aliphatic rings. The van der Waals surface area contributed by atoms with Crippen LogP contribution in [0.25, 0.3) is 0 Å². The van der Waals surface area contributed by atoms with E-state index in [0.29, 0.717) is 31.1 Å². The Morgan fingerprint density at radius 3 is 2.29 bits per heavy atom. The van der Waals surface area contributed by atoms with Crippen LogP contribution in [0.2, 0.25) is 0 Å². The SMILES string of the molecule is CC[C@H](C(=O)NCC(C)C)N(Cc1ccc(F)cc1)C(=O)CCSc1ccc(C)cc1. The van der Waals surface area contributed by atoms with Gasteiger partial charge in [-0.2, -0.15) is 0 Å². The van der Waals surface area contributed by atoms with Gasteiger partial charge in [0.25, 0.3) is 0 Å². The van der Waals surface area contributed by atoms with Gasteiger partial charge in [-0.15, -0.1) is 11.8 Å². The first-order chi connectivity index (χ1) is 14.8. The average Bonchev–Trinajstić information content (AvgIpc) is 2.74. The van der Waals surface area contributed by atoms with Crippen LogP contribution in [0.15, 0.2) is 53.4 Å². The summed E-state index contributed by atoms with van der Waals surface area (Å²) in [5.41, 5.74) is 2.00. The summed E-state index contributed by atoms with van der Waals surface area (Å²) in [5, 5.41) is 2.95. The largest absolute Gasteiger partial charge is 0.354 e. The highest BCUT2D eigenvalue weighted by atomic mass is 32.2. The van der Waals surface area contributed by atoms with E-state index in [9.17, 15) is 14.0 Å². The van der Waals surface area contributed by atoms with Crippen molar-refractivity contribution >= 4 is 23.6 Å². The molecule has 0 spiro atoms. The molecule has 1 N–H and O–H groups in total. The zero-order chi connectivity index (χ0) is 22.8. The fraction of sp³-hybridized carbons (Fsp3) is 0.440. The van der Waals surface area contributed by atoms with Crippen molar-refractivity contribution in [2.45, 2.75) is 58.0 Å². The molecule has 0 saturated carbocycles. The molecule has 0 aliphatic heterocycles. The fourth-order valence-electron chi connectivity index (χ4n) is 3.16. The predicted octanol–water partition coefficient (Wildman–Crippen LogP) is 5.20. The Balaban J connectivity index is 2.10. The lowest BCUT2D eigenvalue weighted by Crippen LogP contribution is -2.49. The minimum atomic E-state index is -0.555. The van der Waals surface area contributed by atoms with E-state index in [-0.39, 0.29) is 24.2 Å². The first-order valence-corrected chi connectivity index (χ1v) is 11.8. The summed E-state index contributed by atoms with van der Waals surface area (Å²) in [4.78, 5) is 28.7. The second kappa shape index (κ2) is 12.5. The number of nitrogens with one attached hydrogen (secondary N) is 1. The number of nitrogens with zero attached hydrogens (tertiary/aromatic N) is 1. The van der Waals surface area contributed by atoms with Crippen molar-refractivity contribution in [1.82, 2.24) is 10.2 Å². The number of aryl methyl sites for hydroxylation is 1. The Bertz CT molecular complexity index is 838. The van der Waals surface area contributed by atoms with Crippen LogP contribution in [0.3, 0.4) is 0 Å². The summed E-state index contributed by atoms with van der Waals surface area (Å²) < 4.78 is 13.3. The summed E-state index contributed by atoms with van der Waals surface area (Å²) in [6.07, 6.45) is 0.843. The summed E-state index contributed by atoms with van der Waals surface area (Å²) in [5.74, 6) is 0.422. The van der Waals surface area contributed by atoms with Crippen molar-refractivity contribution in [2.75, 3.05) is 12.3 Å². The Morgan fingerprint density at radius 1 is 1.06 bits per heavy atom. The number of hydrogen-bond donors (Lipinski definition) is 1. The second-order valence-electron chi connectivity index (χ2n) is 8.12. The first-order valence-electron chi connectivity index (χ1n) is 10.8. The number of rotatable bonds is 11. The molecule has 0 heterocycles. The molecular weight excluding hydrogens is 411 g/mol. The van der Waals surface area contributed by atoms with Gasteiger partial charge in [0.15, 0.2) is 0 Å². The zero-order valence-electron chi connectivity index (χ0n) is 18.9. The number of carbonyl (C=O) groups excluding carboxylic acids is 2. The van der Waals surface area contributed by atoms with Gasteiger partial charge >= 0.3 is 0 Å². The molecule has 168 valence electrons. The van der Waals surface area contributed by atoms with Crippen LogP contribution in [0, 0.1) is 18.7 Å². The Morgan fingerprint density at radius 2 is 1.71 bits per heavy atom. The number of amides is 2. The lowest BCUT2D eigenvalue weighted by atomic mass is 10.1. The normalized spacial score (nSPS) is 11.9. The van der Waals surface area contributed by atoms with Crippen LogP contribution in [0.1, 0.15) is 44.7 Å². The van der Waals surface area contributed by atoms with Gasteiger partial charge in [0, 0.05) is 30.2 Å². The molecule has 0 bridgehead atoms. The fourth-order valence-corrected chi connectivity index (χ4v) is 4.00. The van der Waals surface area contributed by atoms with Crippen molar-refractivity contribution < 1.29 is 14.0 Å². The molecule has 4 nitrogen and oxygen atoms in total. The quantitative estimate of drug-likeness (QED) is 0.485. The van der Waals surface area contributed by atoms with Crippen molar-refractivity contribution in [3.63, 3.8) is 0 Å². The molecule has 6 heteroatoms. The molecule has 0 aromatic heterocycles. The van der Waals surface area contributed by atoms with E-state index in [2.05, 4.69) is 29.6 Å². The third kappa shape index (κ3) is 8.37. The van der Waals surface area contributed by atoms with E-state index in [4.69, 9.17) is 0 Å². The zero-order valence-corrected chi connectivity index (χ0v) is 19.7. The van der Waals surface area contributed by atoms with E-state index >= 15 is 0 Å². The van der Waals surface area contributed by atoms with Crippen LogP contribution >= 0.6 is 11.8 Å². The highest BCUT2D eigenvalue weighted by Gasteiger charge is 2.28. The summed E-state index contributed by atoms with van der Waals surface area (Å²) >= 11 is 1.63. The monoisotopic (exact) mass is 444 g/mol. The average molecular weight is 445 g/mol. The lowest BCUT2D eigenvalue weighted by Gasteiger charge is -2.31. The molecule has 2 aromatic carbocycles. The van der Waals surface area contributed by atoms with Crippen LogP contribution in [0.5, 0.6) is 0 Å². The van der Waals surface area contributed by atoms with Gasteiger partial charge in [-0.05, 0) is 49.1 Å². The number of carbonyl (C=O) groups is 2. The van der Waals surface area contributed by atoms with Gasteiger partial charge in [-0.1, -0.05) is 50.6 Å². The number of thioether (sulfide) groups is 1.